The number of aryl methyl sites for hydroxylation is 1. The Labute approximate surface area is 217 Å². The van der Waals surface area contributed by atoms with Crippen molar-refractivity contribution < 1.29 is 14.1 Å². The predicted molar refractivity (Wildman–Crippen MR) is 139 cm³/mol. The second-order valence-corrected chi connectivity index (χ2v) is 9.94. The van der Waals surface area contributed by atoms with Gasteiger partial charge in [0.15, 0.2) is 0 Å². The maximum absolute atomic E-state index is 13.0. The number of piperazine rings is 1. The van der Waals surface area contributed by atoms with Gasteiger partial charge in [0.1, 0.15) is 11.5 Å². The van der Waals surface area contributed by atoms with E-state index in [2.05, 4.69) is 49.5 Å². The number of likely N-dealkylation sites (tertiary alicyclic amines) is 1. The van der Waals surface area contributed by atoms with Gasteiger partial charge in [0.2, 0.25) is 0 Å². The third-order valence-corrected chi connectivity index (χ3v) is 7.14. The second-order valence-electron chi connectivity index (χ2n) is 9.94. The third-order valence-electron chi connectivity index (χ3n) is 7.14. The Kier molecular flexibility index (Phi) is 7.91. The van der Waals surface area contributed by atoms with Gasteiger partial charge in [-0.1, -0.05) is 35.5 Å². The number of hydrogen-bond acceptors (Lipinski definition) is 7. The molecule has 1 N–H and O–H groups in total. The molecular formula is C28H34N6O3. The molecule has 2 saturated heterocycles. The summed E-state index contributed by atoms with van der Waals surface area (Å²) in [6.45, 7) is 8.27. The summed E-state index contributed by atoms with van der Waals surface area (Å²) in [7, 11) is 0. The van der Waals surface area contributed by atoms with Crippen LogP contribution >= 0.6 is 0 Å². The normalized spacial score (nSPS) is 17.6. The molecule has 4 heterocycles. The molecule has 0 saturated carbocycles. The lowest BCUT2D eigenvalue weighted by Crippen LogP contribution is -2.48. The van der Waals surface area contributed by atoms with Crippen molar-refractivity contribution in [3.8, 4) is 0 Å². The number of nitrogens with one attached hydrogen (secondary N) is 1. The van der Waals surface area contributed by atoms with Gasteiger partial charge in [-0.05, 0) is 37.5 Å². The standard InChI is InChI=1S/C28H34N6O3/c1-21-17-25(31-37-21)20-33-13-15-34(16-14-33)28(36)23-7-8-26(29-18-23)27(35)30-24-9-11-32(12-10-24)19-22-5-3-2-4-6-22/h2-8,17-18,24H,9-16,19-20H2,1H3,(H,30,35). The van der Waals surface area contributed by atoms with Crippen LogP contribution in [-0.2, 0) is 13.1 Å². The number of carbonyl (C=O) groups excluding carboxylic acids is 2. The average Bonchev–Trinajstić information content (AvgIpc) is 3.34. The fourth-order valence-electron chi connectivity index (χ4n) is 5.00. The number of rotatable bonds is 7. The van der Waals surface area contributed by atoms with Gasteiger partial charge in [0.25, 0.3) is 11.8 Å². The van der Waals surface area contributed by atoms with Gasteiger partial charge in [-0.15, -0.1) is 0 Å². The van der Waals surface area contributed by atoms with Crippen LogP contribution < -0.4 is 5.32 Å². The smallest absolute Gasteiger partial charge is 0.270 e. The molecule has 0 unspecified atom stereocenters. The molecule has 0 spiro atoms. The minimum atomic E-state index is -0.183. The van der Waals surface area contributed by atoms with E-state index in [1.54, 1.807) is 12.1 Å². The summed E-state index contributed by atoms with van der Waals surface area (Å²) in [5, 5.41) is 7.17. The molecule has 9 heteroatoms. The van der Waals surface area contributed by atoms with Crippen LogP contribution in [0.2, 0.25) is 0 Å². The number of amides is 2. The molecule has 0 atom stereocenters. The number of aromatic nitrogens is 2. The lowest BCUT2D eigenvalue weighted by atomic mass is 10.0. The van der Waals surface area contributed by atoms with Crippen LogP contribution in [0, 0.1) is 6.92 Å². The Balaban J connectivity index is 1.06. The van der Waals surface area contributed by atoms with Gasteiger partial charge in [-0.25, -0.2) is 0 Å². The largest absolute Gasteiger partial charge is 0.361 e. The minimum Gasteiger partial charge on any atom is -0.361 e. The average molecular weight is 503 g/mol. The summed E-state index contributed by atoms with van der Waals surface area (Å²) in [6, 6.07) is 15.9. The van der Waals surface area contributed by atoms with Gasteiger partial charge < -0.3 is 14.7 Å². The van der Waals surface area contributed by atoms with Crippen molar-refractivity contribution >= 4 is 11.8 Å². The maximum Gasteiger partial charge on any atom is 0.270 e. The fraction of sp³-hybridized carbons (Fsp3) is 0.429. The summed E-state index contributed by atoms with van der Waals surface area (Å²) in [4.78, 5) is 36.5. The van der Waals surface area contributed by atoms with Crippen molar-refractivity contribution in [2.24, 2.45) is 0 Å². The first-order valence-electron chi connectivity index (χ1n) is 13.0. The van der Waals surface area contributed by atoms with E-state index in [0.29, 0.717) is 24.3 Å². The molecule has 9 nitrogen and oxygen atoms in total. The first kappa shape index (κ1) is 25.1. The first-order valence-corrected chi connectivity index (χ1v) is 13.0. The van der Waals surface area contributed by atoms with Gasteiger partial charge in [-0.2, -0.15) is 0 Å². The molecule has 194 valence electrons. The molecule has 1 aromatic carbocycles. The number of benzene rings is 1. The van der Waals surface area contributed by atoms with Crippen LogP contribution in [-0.4, -0.2) is 82.0 Å². The molecule has 37 heavy (non-hydrogen) atoms. The molecule has 2 amide bonds. The lowest BCUT2D eigenvalue weighted by molar-refractivity contribution is 0.0624. The zero-order valence-corrected chi connectivity index (χ0v) is 21.3. The lowest BCUT2D eigenvalue weighted by Gasteiger charge is -2.34. The Morgan fingerprint density at radius 3 is 2.32 bits per heavy atom. The predicted octanol–water partition coefficient (Wildman–Crippen LogP) is 2.73. The van der Waals surface area contributed by atoms with Crippen molar-refractivity contribution in [2.75, 3.05) is 39.3 Å². The summed E-state index contributed by atoms with van der Waals surface area (Å²) in [5.41, 5.74) is 3.07. The number of nitrogens with zero attached hydrogens (tertiary/aromatic N) is 5. The van der Waals surface area contributed by atoms with Gasteiger partial charge in [0, 0.05) is 70.7 Å². The van der Waals surface area contributed by atoms with E-state index in [4.69, 9.17) is 4.52 Å². The highest BCUT2D eigenvalue weighted by Crippen LogP contribution is 2.15. The van der Waals surface area contributed by atoms with Crippen LogP contribution in [0.4, 0.5) is 0 Å². The van der Waals surface area contributed by atoms with Crippen LogP contribution in [0.25, 0.3) is 0 Å². The SMILES string of the molecule is Cc1cc(CN2CCN(C(=O)c3ccc(C(=O)NC4CCN(Cc5ccccc5)CC4)nc3)CC2)no1. The van der Waals surface area contributed by atoms with Crippen molar-refractivity contribution in [3.63, 3.8) is 0 Å². The molecule has 0 bridgehead atoms. The van der Waals surface area contributed by atoms with E-state index >= 15 is 0 Å². The van der Waals surface area contributed by atoms with Crippen molar-refractivity contribution in [1.82, 2.24) is 30.2 Å². The molecule has 2 aromatic heterocycles. The summed E-state index contributed by atoms with van der Waals surface area (Å²) < 4.78 is 5.14. The molecular weight excluding hydrogens is 468 g/mol. The molecule has 2 fully saturated rings. The van der Waals surface area contributed by atoms with Gasteiger partial charge in [-0.3, -0.25) is 24.4 Å². The van der Waals surface area contributed by atoms with Crippen LogP contribution in [0.15, 0.2) is 59.3 Å². The van der Waals surface area contributed by atoms with E-state index in [1.165, 1.54) is 11.8 Å². The Bertz CT molecular complexity index is 1180. The molecule has 2 aliphatic heterocycles. The number of hydrogen-bond donors (Lipinski definition) is 1. The van der Waals surface area contributed by atoms with Crippen molar-refractivity contribution in [2.45, 2.75) is 38.9 Å². The van der Waals surface area contributed by atoms with Crippen LogP contribution in [0.5, 0.6) is 0 Å². The molecule has 5 rings (SSSR count). The van der Waals surface area contributed by atoms with Crippen molar-refractivity contribution in [1.29, 1.82) is 0 Å². The highest BCUT2D eigenvalue weighted by molar-refractivity contribution is 5.96. The molecule has 2 aliphatic rings. The minimum absolute atomic E-state index is 0.0535. The Morgan fingerprint density at radius 1 is 0.946 bits per heavy atom. The van der Waals surface area contributed by atoms with E-state index in [-0.39, 0.29) is 17.9 Å². The van der Waals surface area contributed by atoms with Crippen molar-refractivity contribution in [3.05, 3.63) is 83.0 Å². The van der Waals surface area contributed by atoms with Crippen LogP contribution in [0.1, 0.15) is 50.7 Å². The van der Waals surface area contributed by atoms with E-state index in [9.17, 15) is 9.59 Å². The van der Waals surface area contributed by atoms with Gasteiger partial charge in [0.05, 0.1) is 11.3 Å². The zero-order valence-electron chi connectivity index (χ0n) is 21.3. The zero-order chi connectivity index (χ0) is 25.6. The molecule has 3 aromatic rings. The molecule has 0 radical (unpaired) electrons. The number of piperidine rings is 1. The van der Waals surface area contributed by atoms with Gasteiger partial charge >= 0.3 is 0 Å². The maximum atomic E-state index is 13.0. The topological polar surface area (TPSA) is 94.8 Å². The second kappa shape index (κ2) is 11.7. The molecule has 0 aliphatic carbocycles. The summed E-state index contributed by atoms with van der Waals surface area (Å²) >= 11 is 0. The quantitative estimate of drug-likeness (QED) is 0.531. The number of pyridine rings is 1. The first-order chi connectivity index (χ1) is 18.0. The van der Waals surface area contributed by atoms with E-state index in [0.717, 1.165) is 63.6 Å². The highest BCUT2D eigenvalue weighted by Gasteiger charge is 2.24. The third kappa shape index (κ3) is 6.61. The Morgan fingerprint density at radius 2 is 1.68 bits per heavy atom. The summed E-state index contributed by atoms with van der Waals surface area (Å²) in [6.07, 6.45) is 3.35. The highest BCUT2D eigenvalue weighted by atomic mass is 16.5. The van der Waals surface area contributed by atoms with E-state index in [1.807, 2.05) is 24.0 Å². The number of carbonyl (C=O) groups is 2. The Hall–Kier alpha value is -3.56. The van der Waals surface area contributed by atoms with E-state index < -0.39 is 0 Å². The monoisotopic (exact) mass is 502 g/mol. The van der Waals surface area contributed by atoms with Crippen LogP contribution in [0.3, 0.4) is 0 Å². The summed E-state index contributed by atoms with van der Waals surface area (Å²) in [5.74, 6) is 0.567. The fourth-order valence-corrected chi connectivity index (χ4v) is 5.00.